The number of anilines is 1. The van der Waals surface area contributed by atoms with Gasteiger partial charge in [-0.15, -0.1) is 11.3 Å². The molecule has 1 aliphatic rings. The van der Waals surface area contributed by atoms with Crippen molar-refractivity contribution >= 4 is 28.8 Å². The van der Waals surface area contributed by atoms with E-state index >= 15 is 0 Å². The molecule has 1 aromatic heterocycles. The highest BCUT2D eigenvalue weighted by Crippen LogP contribution is 2.12. The SMILES string of the molecule is Cc1ccc(NC(=O)Cc2nc(C[NH+]3CCNC(=O)C3)cs2)cc1. The Kier molecular flexibility index (Phi) is 5.22. The molecule has 2 aromatic rings. The molecule has 126 valence electrons. The number of thiazole rings is 1. The number of benzene rings is 1. The fraction of sp³-hybridized carbons (Fsp3) is 0.353. The summed E-state index contributed by atoms with van der Waals surface area (Å²) >= 11 is 1.49. The molecule has 1 saturated heterocycles. The molecule has 3 rings (SSSR count). The summed E-state index contributed by atoms with van der Waals surface area (Å²) in [5.74, 6) is 0.0219. The van der Waals surface area contributed by atoms with Gasteiger partial charge < -0.3 is 15.5 Å². The van der Waals surface area contributed by atoms with Crippen LogP contribution in [0.3, 0.4) is 0 Å². The second-order valence-corrected chi connectivity index (χ2v) is 6.97. The van der Waals surface area contributed by atoms with E-state index in [4.69, 9.17) is 0 Å². The minimum Gasteiger partial charge on any atom is -0.346 e. The molecular formula is C17H21N4O2S+. The standard InChI is InChI=1S/C17H20N4O2S/c1-12-2-4-13(5-3-12)19-15(22)8-17-20-14(11-24-17)9-21-7-6-18-16(23)10-21/h2-5,11H,6-10H2,1H3,(H,18,23)(H,19,22)/p+1. The van der Waals surface area contributed by atoms with Crippen molar-refractivity contribution in [3.8, 4) is 0 Å². The summed E-state index contributed by atoms with van der Waals surface area (Å²) in [4.78, 5) is 29.3. The zero-order chi connectivity index (χ0) is 16.9. The van der Waals surface area contributed by atoms with Gasteiger partial charge in [-0.25, -0.2) is 4.98 Å². The van der Waals surface area contributed by atoms with Gasteiger partial charge in [0.15, 0.2) is 6.54 Å². The molecule has 0 bridgehead atoms. The van der Waals surface area contributed by atoms with Crippen molar-refractivity contribution in [2.45, 2.75) is 19.9 Å². The number of carbonyl (C=O) groups is 2. The van der Waals surface area contributed by atoms with Crippen LogP contribution >= 0.6 is 11.3 Å². The van der Waals surface area contributed by atoms with Gasteiger partial charge in [0.2, 0.25) is 5.91 Å². The number of amides is 2. The number of aryl methyl sites for hydroxylation is 1. The van der Waals surface area contributed by atoms with E-state index in [-0.39, 0.29) is 18.2 Å². The zero-order valence-corrected chi connectivity index (χ0v) is 14.4. The number of carbonyl (C=O) groups excluding carboxylic acids is 2. The molecule has 2 amide bonds. The third-order valence-electron chi connectivity index (χ3n) is 3.89. The van der Waals surface area contributed by atoms with Crippen LogP contribution in [0.5, 0.6) is 0 Å². The van der Waals surface area contributed by atoms with Gasteiger partial charge in [0.1, 0.15) is 17.2 Å². The number of nitrogens with zero attached hydrogens (tertiary/aromatic N) is 1. The molecule has 0 spiro atoms. The molecule has 1 atom stereocenters. The maximum Gasteiger partial charge on any atom is 0.275 e. The average molecular weight is 345 g/mol. The van der Waals surface area contributed by atoms with Gasteiger partial charge >= 0.3 is 0 Å². The van der Waals surface area contributed by atoms with Crippen LogP contribution in [-0.4, -0.2) is 36.4 Å². The van der Waals surface area contributed by atoms with E-state index in [0.717, 1.165) is 35.0 Å². The van der Waals surface area contributed by atoms with E-state index in [9.17, 15) is 9.59 Å². The van der Waals surface area contributed by atoms with Gasteiger partial charge in [-0.3, -0.25) is 9.59 Å². The molecule has 0 aliphatic carbocycles. The molecule has 6 nitrogen and oxygen atoms in total. The molecule has 24 heavy (non-hydrogen) atoms. The number of aromatic nitrogens is 1. The minimum atomic E-state index is -0.0653. The Morgan fingerprint density at radius 2 is 2.17 bits per heavy atom. The average Bonchev–Trinajstić information content (AvgIpc) is 2.96. The molecule has 1 fully saturated rings. The van der Waals surface area contributed by atoms with Crippen LogP contribution in [0, 0.1) is 6.92 Å². The third-order valence-corrected chi connectivity index (χ3v) is 4.79. The van der Waals surface area contributed by atoms with E-state index in [1.54, 1.807) is 0 Å². The van der Waals surface area contributed by atoms with Crippen LogP contribution in [0.2, 0.25) is 0 Å². The number of rotatable bonds is 5. The molecule has 0 radical (unpaired) electrons. The van der Waals surface area contributed by atoms with Gasteiger partial charge in [-0.1, -0.05) is 17.7 Å². The maximum absolute atomic E-state index is 12.1. The molecule has 7 heteroatoms. The van der Waals surface area contributed by atoms with Gasteiger partial charge in [0, 0.05) is 11.1 Å². The van der Waals surface area contributed by atoms with Crippen molar-refractivity contribution in [3.63, 3.8) is 0 Å². The monoisotopic (exact) mass is 345 g/mol. The lowest BCUT2D eigenvalue weighted by atomic mass is 10.2. The van der Waals surface area contributed by atoms with Gasteiger partial charge in [0.05, 0.1) is 19.5 Å². The first-order valence-corrected chi connectivity index (χ1v) is 8.86. The van der Waals surface area contributed by atoms with Gasteiger partial charge in [-0.05, 0) is 19.1 Å². The fourth-order valence-electron chi connectivity index (χ4n) is 2.65. The molecule has 1 unspecified atom stereocenters. The zero-order valence-electron chi connectivity index (χ0n) is 13.6. The summed E-state index contributed by atoms with van der Waals surface area (Å²) in [5, 5.41) is 8.49. The second kappa shape index (κ2) is 7.55. The Balaban J connectivity index is 1.52. The lowest BCUT2D eigenvalue weighted by molar-refractivity contribution is -0.907. The van der Waals surface area contributed by atoms with Gasteiger partial charge in [-0.2, -0.15) is 0 Å². The van der Waals surface area contributed by atoms with Crippen molar-refractivity contribution in [3.05, 3.63) is 45.9 Å². The van der Waals surface area contributed by atoms with Crippen molar-refractivity contribution in [2.24, 2.45) is 0 Å². The first-order valence-electron chi connectivity index (χ1n) is 7.98. The summed E-state index contributed by atoms with van der Waals surface area (Å²) in [6.07, 6.45) is 0.272. The number of hydrogen-bond donors (Lipinski definition) is 3. The fourth-order valence-corrected chi connectivity index (χ4v) is 3.45. The minimum absolute atomic E-state index is 0.0653. The van der Waals surface area contributed by atoms with E-state index in [2.05, 4.69) is 15.6 Å². The highest BCUT2D eigenvalue weighted by Gasteiger charge is 2.21. The number of nitrogens with one attached hydrogen (secondary N) is 3. The third kappa shape index (κ3) is 4.62. The molecule has 3 N–H and O–H groups in total. The van der Waals surface area contributed by atoms with Gasteiger partial charge in [0.25, 0.3) is 5.91 Å². The maximum atomic E-state index is 12.1. The molecule has 0 saturated carbocycles. The van der Waals surface area contributed by atoms with E-state index in [1.807, 2.05) is 36.6 Å². The predicted octanol–water partition coefficient (Wildman–Crippen LogP) is 0.147. The van der Waals surface area contributed by atoms with Crippen molar-refractivity contribution in [2.75, 3.05) is 25.0 Å². The van der Waals surface area contributed by atoms with Crippen LogP contribution in [0.4, 0.5) is 5.69 Å². The largest absolute Gasteiger partial charge is 0.346 e. The Morgan fingerprint density at radius 3 is 2.92 bits per heavy atom. The first kappa shape index (κ1) is 16.6. The molecular weight excluding hydrogens is 324 g/mol. The predicted molar refractivity (Wildman–Crippen MR) is 93.0 cm³/mol. The lowest BCUT2D eigenvalue weighted by Crippen LogP contribution is -3.14. The smallest absolute Gasteiger partial charge is 0.275 e. The quantitative estimate of drug-likeness (QED) is 0.722. The number of piperazine rings is 1. The van der Waals surface area contributed by atoms with E-state index in [1.165, 1.54) is 16.2 Å². The summed E-state index contributed by atoms with van der Waals surface area (Å²) in [6.45, 7) is 4.84. The molecule has 2 heterocycles. The molecule has 1 aromatic carbocycles. The Hall–Kier alpha value is -2.25. The van der Waals surface area contributed by atoms with Crippen molar-refractivity contribution < 1.29 is 14.5 Å². The topological polar surface area (TPSA) is 75.5 Å². The van der Waals surface area contributed by atoms with Crippen molar-refractivity contribution in [1.82, 2.24) is 10.3 Å². The summed E-state index contributed by atoms with van der Waals surface area (Å²) in [6, 6.07) is 7.72. The lowest BCUT2D eigenvalue weighted by Gasteiger charge is -2.22. The highest BCUT2D eigenvalue weighted by molar-refractivity contribution is 7.09. The number of hydrogen-bond acceptors (Lipinski definition) is 4. The second-order valence-electron chi connectivity index (χ2n) is 6.03. The van der Waals surface area contributed by atoms with Crippen molar-refractivity contribution in [1.29, 1.82) is 0 Å². The Morgan fingerprint density at radius 1 is 1.38 bits per heavy atom. The summed E-state index contributed by atoms with van der Waals surface area (Å²) in [7, 11) is 0. The van der Waals surface area contributed by atoms with Crippen LogP contribution in [0.25, 0.3) is 0 Å². The summed E-state index contributed by atoms with van der Waals surface area (Å²) < 4.78 is 0. The Labute approximate surface area is 144 Å². The van der Waals surface area contributed by atoms with Crippen LogP contribution in [0.1, 0.15) is 16.3 Å². The summed E-state index contributed by atoms with van der Waals surface area (Å²) in [5.41, 5.74) is 2.90. The van der Waals surface area contributed by atoms with Crippen LogP contribution < -0.4 is 15.5 Å². The van der Waals surface area contributed by atoms with E-state index in [0.29, 0.717) is 13.1 Å². The van der Waals surface area contributed by atoms with Crippen LogP contribution in [0.15, 0.2) is 29.6 Å². The molecule has 1 aliphatic heterocycles. The number of quaternary nitrogens is 1. The van der Waals surface area contributed by atoms with E-state index < -0.39 is 0 Å². The normalized spacial score (nSPS) is 17.4. The highest BCUT2D eigenvalue weighted by atomic mass is 32.1. The Bertz CT molecular complexity index is 726. The van der Waals surface area contributed by atoms with Crippen LogP contribution in [-0.2, 0) is 22.6 Å². The first-order chi connectivity index (χ1) is 11.6.